The third kappa shape index (κ3) is 3.26. The number of aromatic nitrogens is 5. The Labute approximate surface area is 159 Å². The summed E-state index contributed by atoms with van der Waals surface area (Å²) in [6.45, 7) is 0. The molecule has 1 N–H and O–H groups in total. The lowest BCUT2D eigenvalue weighted by molar-refractivity contribution is 0.787. The van der Waals surface area contributed by atoms with Crippen molar-refractivity contribution in [3.63, 3.8) is 0 Å². The molecule has 0 aliphatic heterocycles. The summed E-state index contributed by atoms with van der Waals surface area (Å²) in [7, 11) is 1.88. The first-order valence-corrected chi connectivity index (χ1v) is 10.0. The number of thiophene rings is 1. The number of thioether (sulfide) groups is 1. The molecule has 126 valence electrons. The van der Waals surface area contributed by atoms with Crippen LogP contribution < -0.4 is 5.56 Å². The molecule has 3 heterocycles. The highest BCUT2D eigenvalue weighted by molar-refractivity contribution is 9.10. The van der Waals surface area contributed by atoms with Gasteiger partial charge in [0.1, 0.15) is 17.0 Å². The summed E-state index contributed by atoms with van der Waals surface area (Å²) in [5, 5.41) is 11.3. The average molecular weight is 434 g/mol. The van der Waals surface area contributed by atoms with Crippen LogP contribution in [0.3, 0.4) is 0 Å². The van der Waals surface area contributed by atoms with Crippen LogP contribution in [0.5, 0.6) is 0 Å². The van der Waals surface area contributed by atoms with Crippen LogP contribution in [-0.4, -0.2) is 24.7 Å². The molecular weight excluding hydrogens is 422 g/mol. The van der Waals surface area contributed by atoms with E-state index in [1.807, 2.05) is 41.3 Å². The summed E-state index contributed by atoms with van der Waals surface area (Å²) in [6.07, 6.45) is 1.64. The summed E-state index contributed by atoms with van der Waals surface area (Å²) in [5.74, 6) is 1.16. The van der Waals surface area contributed by atoms with Crippen molar-refractivity contribution >= 4 is 49.2 Å². The van der Waals surface area contributed by atoms with Gasteiger partial charge in [-0.2, -0.15) is 0 Å². The Hall–Kier alpha value is -1.97. The lowest BCUT2D eigenvalue weighted by Gasteiger charge is -2.02. The number of fused-ring (bicyclic) bond motifs is 1. The van der Waals surface area contributed by atoms with Crippen LogP contribution in [0, 0.1) is 0 Å². The maximum absolute atomic E-state index is 12.6. The molecule has 0 amide bonds. The molecule has 0 saturated heterocycles. The number of nitrogens with zero attached hydrogens (tertiary/aromatic N) is 4. The molecule has 0 saturated carbocycles. The van der Waals surface area contributed by atoms with Crippen LogP contribution >= 0.6 is 39.0 Å². The molecule has 9 heteroatoms. The first-order valence-electron chi connectivity index (χ1n) is 7.35. The number of aryl methyl sites for hydroxylation is 1. The number of nitrogens with one attached hydrogen (secondary N) is 1. The van der Waals surface area contributed by atoms with Gasteiger partial charge in [-0.25, -0.2) is 4.98 Å². The zero-order valence-corrected chi connectivity index (χ0v) is 16.3. The molecule has 4 rings (SSSR count). The van der Waals surface area contributed by atoms with E-state index < -0.39 is 0 Å². The van der Waals surface area contributed by atoms with Gasteiger partial charge in [-0.15, -0.1) is 21.5 Å². The van der Waals surface area contributed by atoms with Crippen LogP contribution in [0.2, 0.25) is 0 Å². The number of hydrogen-bond acceptors (Lipinski definition) is 6. The molecule has 0 radical (unpaired) electrons. The van der Waals surface area contributed by atoms with Gasteiger partial charge in [0, 0.05) is 22.5 Å². The number of benzene rings is 1. The maximum atomic E-state index is 12.6. The van der Waals surface area contributed by atoms with Gasteiger partial charge in [0.05, 0.1) is 11.1 Å². The van der Waals surface area contributed by atoms with Gasteiger partial charge >= 0.3 is 0 Å². The van der Waals surface area contributed by atoms with Crippen LogP contribution in [0.25, 0.3) is 21.3 Å². The molecule has 0 unspecified atom stereocenters. The Kier molecular flexibility index (Phi) is 4.45. The second-order valence-corrected chi connectivity index (χ2v) is 8.08. The molecule has 0 spiro atoms. The summed E-state index contributed by atoms with van der Waals surface area (Å²) < 4.78 is 2.84. The van der Waals surface area contributed by atoms with E-state index in [4.69, 9.17) is 0 Å². The van der Waals surface area contributed by atoms with Crippen molar-refractivity contribution in [3.05, 3.63) is 56.6 Å². The van der Waals surface area contributed by atoms with Crippen LogP contribution in [0.4, 0.5) is 0 Å². The van der Waals surface area contributed by atoms with Gasteiger partial charge in [-0.3, -0.25) is 4.79 Å². The minimum absolute atomic E-state index is 0.113. The van der Waals surface area contributed by atoms with Gasteiger partial charge < -0.3 is 9.55 Å². The Bertz CT molecular complexity index is 1100. The fourth-order valence-corrected chi connectivity index (χ4v) is 4.43. The van der Waals surface area contributed by atoms with Gasteiger partial charge in [-0.1, -0.05) is 39.8 Å². The molecule has 1 aromatic carbocycles. The lowest BCUT2D eigenvalue weighted by atomic mass is 10.1. The Morgan fingerprint density at radius 1 is 1.32 bits per heavy atom. The van der Waals surface area contributed by atoms with E-state index in [2.05, 4.69) is 36.1 Å². The number of H-pyrrole nitrogens is 1. The highest BCUT2D eigenvalue weighted by Crippen LogP contribution is 2.31. The number of hydrogen-bond donors (Lipinski definition) is 1. The number of aromatic amines is 1. The van der Waals surface area contributed by atoms with Gasteiger partial charge in [0.15, 0.2) is 5.16 Å². The summed E-state index contributed by atoms with van der Waals surface area (Å²) in [6, 6.07) is 7.91. The molecule has 4 aromatic rings. The number of halogens is 1. The molecule has 0 atom stereocenters. The van der Waals surface area contributed by atoms with Crippen molar-refractivity contribution < 1.29 is 0 Å². The zero-order valence-electron chi connectivity index (χ0n) is 13.1. The van der Waals surface area contributed by atoms with E-state index in [-0.39, 0.29) is 5.56 Å². The second-order valence-electron chi connectivity index (χ2n) is 5.36. The SMILES string of the molecule is Cn1cnnc1SCc1nc2scc(-c3ccc(Br)cc3)c2c(=O)[nH]1. The van der Waals surface area contributed by atoms with Crippen LogP contribution in [-0.2, 0) is 12.8 Å². The highest BCUT2D eigenvalue weighted by Gasteiger charge is 2.13. The fraction of sp³-hybridized carbons (Fsp3) is 0.125. The van der Waals surface area contributed by atoms with E-state index in [9.17, 15) is 4.79 Å². The van der Waals surface area contributed by atoms with Gasteiger partial charge in [0.25, 0.3) is 5.56 Å². The quantitative estimate of drug-likeness (QED) is 0.494. The standard InChI is InChI=1S/C16H12BrN5OS2/c1-22-8-18-21-16(22)25-7-12-19-14(23)13-11(6-24-15(13)20-12)9-2-4-10(17)5-3-9/h2-6,8H,7H2,1H3,(H,19,20,23). The smallest absolute Gasteiger partial charge is 0.260 e. The minimum atomic E-state index is -0.113. The number of rotatable bonds is 4. The molecule has 6 nitrogen and oxygen atoms in total. The molecule has 0 aliphatic carbocycles. The summed E-state index contributed by atoms with van der Waals surface area (Å²) >= 11 is 6.40. The molecule has 0 aliphatic rings. The molecule has 0 fully saturated rings. The normalized spacial score (nSPS) is 11.3. The van der Waals surface area contributed by atoms with Gasteiger partial charge in [-0.05, 0) is 17.7 Å². The molecule has 3 aromatic heterocycles. The first kappa shape index (κ1) is 16.5. The van der Waals surface area contributed by atoms with E-state index in [1.165, 1.54) is 23.1 Å². The molecular formula is C16H12BrN5OS2. The van der Waals surface area contributed by atoms with Crippen molar-refractivity contribution in [2.75, 3.05) is 0 Å². The largest absolute Gasteiger partial charge is 0.312 e. The highest BCUT2D eigenvalue weighted by atomic mass is 79.9. The van der Waals surface area contributed by atoms with E-state index in [0.717, 1.165) is 25.6 Å². The van der Waals surface area contributed by atoms with Crippen molar-refractivity contribution in [2.24, 2.45) is 7.05 Å². The van der Waals surface area contributed by atoms with Crippen LogP contribution in [0.15, 0.2) is 50.4 Å². The average Bonchev–Trinajstić information content (AvgIpc) is 3.20. The summed E-state index contributed by atoms with van der Waals surface area (Å²) in [5.41, 5.74) is 1.80. The molecule has 0 bridgehead atoms. The Morgan fingerprint density at radius 2 is 2.12 bits per heavy atom. The van der Waals surface area contributed by atoms with Crippen molar-refractivity contribution in [2.45, 2.75) is 10.9 Å². The van der Waals surface area contributed by atoms with E-state index in [1.54, 1.807) is 6.33 Å². The monoisotopic (exact) mass is 433 g/mol. The third-order valence-corrected chi connectivity index (χ3v) is 6.10. The minimum Gasteiger partial charge on any atom is -0.312 e. The zero-order chi connectivity index (χ0) is 17.4. The third-order valence-electron chi connectivity index (χ3n) is 3.66. The first-order chi connectivity index (χ1) is 12.1. The Morgan fingerprint density at radius 3 is 2.84 bits per heavy atom. The Balaban J connectivity index is 1.68. The lowest BCUT2D eigenvalue weighted by Crippen LogP contribution is -2.10. The predicted octanol–water partition coefficient (Wildman–Crippen LogP) is 3.83. The maximum Gasteiger partial charge on any atom is 0.260 e. The second kappa shape index (κ2) is 6.74. The van der Waals surface area contributed by atoms with Crippen molar-refractivity contribution in [1.82, 2.24) is 24.7 Å². The van der Waals surface area contributed by atoms with Crippen molar-refractivity contribution in [1.29, 1.82) is 0 Å². The van der Waals surface area contributed by atoms with E-state index in [0.29, 0.717) is 17.0 Å². The van der Waals surface area contributed by atoms with E-state index >= 15 is 0 Å². The topological polar surface area (TPSA) is 76.5 Å². The van der Waals surface area contributed by atoms with Gasteiger partial charge in [0.2, 0.25) is 0 Å². The summed E-state index contributed by atoms with van der Waals surface area (Å²) in [4.78, 5) is 20.9. The van der Waals surface area contributed by atoms with Crippen molar-refractivity contribution in [3.8, 4) is 11.1 Å². The van der Waals surface area contributed by atoms with Crippen LogP contribution in [0.1, 0.15) is 5.82 Å². The molecule has 25 heavy (non-hydrogen) atoms. The predicted molar refractivity (Wildman–Crippen MR) is 104 cm³/mol. The fourth-order valence-electron chi connectivity index (χ4n) is 2.44.